The summed E-state index contributed by atoms with van der Waals surface area (Å²) in [7, 11) is 3.01. The zero-order chi connectivity index (χ0) is 22.2. The number of amides is 1. The van der Waals surface area contributed by atoms with Crippen LogP contribution in [0.3, 0.4) is 0 Å². The minimum Gasteiger partial charge on any atom is -0.465 e. The second kappa shape index (κ2) is 10.2. The number of methoxy groups -OCH3 is 1. The number of hydrogen-bond acceptors (Lipinski definition) is 5. The molecule has 0 heterocycles. The molecule has 0 aliphatic rings. The maximum absolute atomic E-state index is 13.0. The largest absolute Gasteiger partial charge is 0.465 e. The minimum absolute atomic E-state index is 0.0165. The fourth-order valence-electron chi connectivity index (χ4n) is 3.06. The first kappa shape index (κ1) is 21.8. The Morgan fingerprint density at radius 3 is 2.00 bits per heavy atom. The molecule has 31 heavy (non-hydrogen) atoms. The zero-order valence-corrected chi connectivity index (χ0v) is 17.4. The molecule has 0 saturated heterocycles. The Labute approximate surface area is 181 Å². The number of esters is 2. The van der Waals surface area contributed by atoms with Crippen molar-refractivity contribution in [2.24, 2.45) is 0 Å². The summed E-state index contributed by atoms with van der Waals surface area (Å²) in [6.45, 7) is 0.443. The van der Waals surface area contributed by atoms with Gasteiger partial charge in [0.15, 0.2) is 0 Å². The Morgan fingerprint density at radius 2 is 1.35 bits per heavy atom. The molecule has 3 aromatic rings. The van der Waals surface area contributed by atoms with E-state index in [1.807, 2.05) is 30.3 Å². The Morgan fingerprint density at radius 1 is 0.742 bits per heavy atom. The summed E-state index contributed by atoms with van der Waals surface area (Å²) in [6.07, 6.45) is 0. The summed E-state index contributed by atoms with van der Waals surface area (Å²) < 4.78 is 10.1. The molecule has 1 amide bonds. The van der Waals surface area contributed by atoms with Gasteiger partial charge < -0.3 is 14.4 Å². The van der Waals surface area contributed by atoms with E-state index in [0.717, 1.165) is 5.56 Å². The van der Waals surface area contributed by atoms with Crippen molar-refractivity contribution in [1.82, 2.24) is 4.90 Å². The third-order valence-electron chi connectivity index (χ3n) is 4.73. The van der Waals surface area contributed by atoms with E-state index >= 15 is 0 Å². The maximum Gasteiger partial charge on any atom is 0.339 e. The summed E-state index contributed by atoms with van der Waals surface area (Å²) in [4.78, 5) is 38.7. The van der Waals surface area contributed by atoms with Gasteiger partial charge in [-0.1, -0.05) is 54.6 Å². The van der Waals surface area contributed by atoms with Gasteiger partial charge in [-0.2, -0.15) is 0 Å². The highest BCUT2D eigenvalue weighted by Crippen LogP contribution is 2.16. The molecule has 0 radical (unpaired) electrons. The molecule has 6 heteroatoms. The third-order valence-corrected chi connectivity index (χ3v) is 4.73. The van der Waals surface area contributed by atoms with Crippen LogP contribution in [0.5, 0.6) is 0 Å². The van der Waals surface area contributed by atoms with Crippen molar-refractivity contribution in [2.75, 3.05) is 14.2 Å². The second-order valence-corrected chi connectivity index (χ2v) is 6.96. The monoisotopic (exact) mass is 417 g/mol. The molecule has 0 saturated carbocycles. The smallest absolute Gasteiger partial charge is 0.339 e. The molecule has 0 spiro atoms. The molecule has 3 rings (SSSR count). The standard InChI is InChI=1S/C25H23NO5/c1-26(16-18-8-4-3-5-9-18)23(27)21-10-6-7-11-22(21)25(29)31-17-19-12-14-20(15-13-19)24(28)30-2/h3-15H,16-17H2,1-2H3. The van der Waals surface area contributed by atoms with Gasteiger partial charge in [-0.25, -0.2) is 9.59 Å². The Bertz CT molecular complexity index is 1060. The number of benzene rings is 3. The van der Waals surface area contributed by atoms with Crippen LogP contribution in [0, 0.1) is 0 Å². The van der Waals surface area contributed by atoms with Crippen molar-refractivity contribution in [3.63, 3.8) is 0 Å². The average Bonchev–Trinajstić information content (AvgIpc) is 2.82. The van der Waals surface area contributed by atoms with Crippen LogP contribution in [0.25, 0.3) is 0 Å². The van der Waals surface area contributed by atoms with E-state index in [1.54, 1.807) is 60.5 Å². The molecule has 0 N–H and O–H groups in total. The topological polar surface area (TPSA) is 72.9 Å². The first-order chi connectivity index (χ1) is 15.0. The van der Waals surface area contributed by atoms with Crippen molar-refractivity contribution < 1.29 is 23.9 Å². The SMILES string of the molecule is COC(=O)c1ccc(COC(=O)c2ccccc2C(=O)N(C)Cc2ccccc2)cc1. The van der Waals surface area contributed by atoms with Gasteiger partial charge in [-0.3, -0.25) is 4.79 Å². The van der Waals surface area contributed by atoms with Crippen LogP contribution >= 0.6 is 0 Å². The van der Waals surface area contributed by atoms with Crippen LogP contribution < -0.4 is 0 Å². The van der Waals surface area contributed by atoms with Gasteiger partial charge in [0.1, 0.15) is 6.61 Å². The number of carbonyl (C=O) groups is 3. The normalized spacial score (nSPS) is 10.3. The highest BCUT2D eigenvalue weighted by atomic mass is 16.5. The second-order valence-electron chi connectivity index (χ2n) is 6.96. The van der Waals surface area contributed by atoms with Gasteiger partial charge in [0, 0.05) is 13.6 Å². The van der Waals surface area contributed by atoms with Crippen molar-refractivity contribution in [1.29, 1.82) is 0 Å². The fourth-order valence-corrected chi connectivity index (χ4v) is 3.06. The quantitative estimate of drug-likeness (QED) is 0.541. The maximum atomic E-state index is 13.0. The molecule has 0 atom stereocenters. The van der Waals surface area contributed by atoms with Crippen LogP contribution in [-0.4, -0.2) is 36.9 Å². The highest BCUT2D eigenvalue weighted by molar-refractivity contribution is 6.05. The summed E-state index contributed by atoms with van der Waals surface area (Å²) >= 11 is 0. The van der Waals surface area contributed by atoms with E-state index in [4.69, 9.17) is 4.74 Å². The van der Waals surface area contributed by atoms with Gasteiger partial charge in [0.25, 0.3) is 5.91 Å². The highest BCUT2D eigenvalue weighted by Gasteiger charge is 2.21. The Kier molecular flexibility index (Phi) is 7.17. The van der Waals surface area contributed by atoms with E-state index in [-0.39, 0.29) is 23.6 Å². The average molecular weight is 417 g/mol. The predicted molar refractivity (Wildman–Crippen MR) is 116 cm³/mol. The number of ether oxygens (including phenoxy) is 2. The number of nitrogens with zero attached hydrogens (tertiary/aromatic N) is 1. The molecule has 3 aromatic carbocycles. The molecule has 158 valence electrons. The van der Waals surface area contributed by atoms with E-state index in [1.165, 1.54) is 7.11 Å². The van der Waals surface area contributed by atoms with Crippen LogP contribution in [0.1, 0.15) is 42.2 Å². The number of carbonyl (C=O) groups excluding carboxylic acids is 3. The molecule has 0 fully saturated rings. The number of hydrogen-bond donors (Lipinski definition) is 0. The lowest BCUT2D eigenvalue weighted by Crippen LogP contribution is -2.28. The molecular weight excluding hydrogens is 394 g/mol. The fraction of sp³-hybridized carbons (Fsp3) is 0.160. The lowest BCUT2D eigenvalue weighted by molar-refractivity contribution is 0.0466. The van der Waals surface area contributed by atoms with E-state index in [9.17, 15) is 14.4 Å². The lowest BCUT2D eigenvalue weighted by Gasteiger charge is -2.19. The van der Waals surface area contributed by atoms with Crippen LogP contribution in [0.15, 0.2) is 78.9 Å². The Balaban J connectivity index is 1.68. The predicted octanol–water partition coefficient (Wildman–Crippen LogP) is 4.10. The third kappa shape index (κ3) is 5.57. The minimum atomic E-state index is -0.589. The van der Waals surface area contributed by atoms with Crippen molar-refractivity contribution >= 4 is 17.8 Å². The summed E-state index contributed by atoms with van der Waals surface area (Å²) in [6, 6.07) is 22.8. The summed E-state index contributed by atoms with van der Waals surface area (Å²) in [5.74, 6) is -1.29. The lowest BCUT2D eigenvalue weighted by atomic mass is 10.1. The van der Waals surface area contributed by atoms with Crippen LogP contribution in [0.4, 0.5) is 0 Å². The molecule has 0 bridgehead atoms. The van der Waals surface area contributed by atoms with E-state index < -0.39 is 11.9 Å². The van der Waals surface area contributed by atoms with Gasteiger partial charge in [-0.05, 0) is 35.4 Å². The molecule has 0 aliphatic heterocycles. The first-order valence-electron chi connectivity index (χ1n) is 9.72. The molecular formula is C25H23NO5. The summed E-state index contributed by atoms with van der Waals surface area (Å²) in [5.41, 5.74) is 2.61. The molecule has 0 unspecified atom stereocenters. The van der Waals surface area contributed by atoms with Crippen molar-refractivity contribution in [2.45, 2.75) is 13.2 Å². The van der Waals surface area contributed by atoms with Crippen molar-refractivity contribution in [3.8, 4) is 0 Å². The molecule has 6 nitrogen and oxygen atoms in total. The molecule has 0 aliphatic carbocycles. The van der Waals surface area contributed by atoms with Gasteiger partial charge in [0.2, 0.25) is 0 Å². The first-order valence-corrected chi connectivity index (χ1v) is 9.72. The van der Waals surface area contributed by atoms with Gasteiger partial charge >= 0.3 is 11.9 Å². The zero-order valence-electron chi connectivity index (χ0n) is 17.4. The Hall–Kier alpha value is -3.93. The number of rotatable bonds is 7. The van der Waals surface area contributed by atoms with Gasteiger partial charge in [0.05, 0.1) is 23.8 Å². The van der Waals surface area contributed by atoms with Crippen molar-refractivity contribution in [3.05, 3.63) is 107 Å². The molecule has 0 aromatic heterocycles. The van der Waals surface area contributed by atoms with Crippen LogP contribution in [0.2, 0.25) is 0 Å². The van der Waals surface area contributed by atoms with E-state index in [0.29, 0.717) is 17.7 Å². The van der Waals surface area contributed by atoms with Gasteiger partial charge in [-0.15, -0.1) is 0 Å². The van der Waals surface area contributed by atoms with Crippen LogP contribution in [-0.2, 0) is 22.6 Å². The van der Waals surface area contributed by atoms with E-state index in [2.05, 4.69) is 4.74 Å². The summed E-state index contributed by atoms with van der Waals surface area (Å²) in [5, 5.41) is 0.